The second kappa shape index (κ2) is 13.0. The van der Waals surface area contributed by atoms with Crippen molar-refractivity contribution in [1.29, 1.82) is 0 Å². The summed E-state index contributed by atoms with van der Waals surface area (Å²) in [6, 6.07) is 11.8. The Morgan fingerprint density at radius 2 is 1.93 bits per heavy atom. The van der Waals surface area contributed by atoms with Crippen LogP contribution in [0.3, 0.4) is 0 Å². The van der Waals surface area contributed by atoms with Gasteiger partial charge in [0.05, 0.1) is 32.1 Å². The van der Waals surface area contributed by atoms with Gasteiger partial charge in [0, 0.05) is 32.0 Å². The van der Waals surface area contributed by atoms with Crippen LogP contribution >= 0.6 is 24.0 Å². The zero-order valence-electron chi connectivity index (χ0n) is 17.4. The molecule has 0 atom stereocenters. The Morgan fingerprint density at radius 1 is 1.10 bits per heavy atom. The third kappa shape index (κ3) is 7.13. The van der Waals surface area contributed by atoms with Crippen molar-refractivity contribution >= 4 is 35.6 Å². The van der Waals surface area contributed by atoms with Crippen LogP contribution in [0.2, 0.25) is 0 Å². The fourth-order valence-electron chi connectivity index (χ4n) is 2.79. The SMILES string of the molecule is CCOCCCNC(=NCc1ccc(OC)cc1)NCc1ccnc2ccnn12.I. The van der Waals surface area contributed by atoms with E-state index in [9.17, 15) is 0 Å². The molecule has 0 spiro atoms. The lowest BCUT2D eigenvalue weighted by Gasteiger charge is -2.13. The van der Waals surface area contributed by atoms with Gasteiger partial charge in [-0.3, -0.25) is 0 Å². The summed E-state index contributed by atoms with van der Waals surface area (Å²) in [5, 5.41) is 11.1. The van der Waals surface area contributed by atoms with E-state index < -0.39 is 0 Å². The van der Waals surface area contributed by atoms with Crippen LogP contribution in [-0.4, -0.2) is 47.4 Å². The van der Waals surface area contributed by atoms with Gasteiger partial charge in [-0.2, -0.15) is 5.10 Å². The van der Waals surface area contributed by atoms with E-state index in [-0.39, 0.29) is 24.0 Å². The summed E-state index contributed by atoms with van der Waals surface area (Å²) >= 11 is 0. The van der Waals surface area contributed by atoms with Crippen LogP contribution in [-0.2, 0) is 17.8 Å². The van der Waals surface area contributed by atoms with Crippen LogP contribution in [0.1, 0.15) is 24.6 Å². The van der Waals surface area contributed by atoms with E-state index in [4.69, 9.17) is 14.5 Å². The van der Waals surface area contributed by atoms with Gasteiger partial charge in [-0.15, -0.1) is 24.0 Å². The summed E-state index contributed by atoms with van der Waals surface area (Å²) in [6.45, 7) is 5.40. The molecule has 3 aromatic rings. The summed E-state index contributed by atoms with van der Waals surface area (Å²) in [7, 11) is 1.66. The van der Waals surface area contributed by atoms with Gasteiger partial charge in [-0.1, -0.05) is 12.1 Å². The quantitative estimate of drug-likeness (QED) is 0.184. The van der Waals surface area contributed by atoms with Gasteiger partial charge in [0.2, 0.25) is 0 Å². The van der Waals surface area contributed by atoms with E-state index in [1.54, 1.807) is 19.5 Å². The molecule has 0 aliphatic carbocycles. The molecule has 1 aromatic carbocycles. The molecule has 0 amide bonds. The number of nitrogens with zero attached hydrogens (tertiary/aromatic N) is 4. The van der Waals surface area contributed by atoms with Crippen molar-refractivity contribution in [1.82, 2.24) is 25.2 Å². The smallest absolute Gasteiger partial charge is 0.191 e. The standard InChI is InChI=1S/C21H28N6O2.HI/c1-3-29-14-4-11-23-21(24-15-17-5-7-19(28-2)8-6-17)25-16-18-9-12-22-20-10-13-26-27(18)20;/h5-10,12-13H,3-4,11,14-16H2,1-2H3,(H2,23,24,25);1H. The van der Waals surface area contributed by atoms with E-state index >= 15 is 0 Å². The van der Waals surface area contributed by atoms with Gasteiger partial charge >= 0.3 is 0 Å². The highest BCUT2D eigenvalue weighted by Gasteiger charge is 2.04. The number of benzene rings is 1. The maximum Gasteiger partial charge on any atom is 0.191 e. The molecular weight excluding hydrogens is 495 g/mol. The number of aromatic nitrogens is 3. The van der Waals surface area contributed by atoms with Gasteiger partial charge in [-0.25, -0.2) is 14.5 Å². The van der Waals surface area contributed by atoms with Crippen molar-refractivity contribution in [3.05, 3.63) is 60.0 Å². The first kappa shape index (κ1) is 23.9. The van der Waals surface area contributed by atoms with Gasteiger partial charge < -0.3 is 20.1 Å². The molecule has 0 saturated heterocycles. The maximum absolute atomic E-state index is 5.40. The fraction of sp³-hybridized carbons (Fsp3) is 0.381. The number of ether oxygens (including phenoxy) is 2. The predicted octanol–water partition coefficient (Wildman–Crippen LogP) is 3.02. The summed E-state index contributed by atoms with van der Waals surface area (Å²) in [6.07, 6.45) is 4.45. The second-order valence-electron chi connectivity index (χ2n) is 6.38. The Labute approximate surface area is 194 Å². The normalized spacial score (nSPS) is 11.2. The van der Waals surface area contributed by atoms with Crippen LogP contribution in [0.4, 0.5) is 0 Å². The highest BCUT2D eigenvalue weighted by atomic mass is 127. The number of methoxy groups -OCH3 is 1. The summed E-state index contributed by atoms with van der Waals surface area (Å²) in [5.74, 6) is 1.58. The minimum atomic E-state index is 0. The van der Waals surface area contributed by atoms with Gasteiger partial charge in [-0.05, 0) is 37.1 Å². The van der Waals surface area contributed by atoms with Crippen LogP contribution in [0.25, 0.3) is 5.65 Å². The molecule has 9 heteroatoms. The summed E-state index contributed by atoms with van der Waals surface area (Å²) in [5.41, 5.74) is 2.94. The number of guanidine groups is 1. The molecule has 0 aliphatic heterocycles. The molecule has 2 aromatic heterocycles. The summed E-state index contributed by atoms with van der Waals surface area (Å²) < 4.78 is 12.4. The second-order valence-corrected chi connectivity index (χ2v) is 6.38. The third-order valence-corrected chi connectivity index (χ3v) is 4.35. The van der Waals surface area contributed by atoms with E-state index in [0.717, 1.165) is 54.8 Å². The van der Waals surface area contributed by atoms with Crippen molar-refractivity contribution in [3.8, 4) is 5.75 Å². The lowest BCUT2D eigenvalue weighted by molar-refractivity contribution is 0.145. The van der Waals surface area contributed by atoms with Gasteiger partial charge in [0.1, 0.15) is 5.75 Å². The number of hydrogen-bond donors (Lipinski definition) is 2. The molecular formula is C21H29IN6O2. The number of fused-ring (bicyclic) bond motifs is 1. The van der Waals surface area contributed by atoms with E-state index in [1.807, 2.05) is 47.8 Å². The molecule has 0 unspecified atom stereocenters. The average molecular weight is 524 g/mol. The highest BCUT2D eigenvalue weighted by molar-refractivity contribution is 14.0. The maximum atomic E-state index is 5.40. The van der Waals surface area contributed by atoms with Gasteiger partial charge in [0.25, 0.3) is 0 Å². The van der Waals surface area contributed by atoms with E-state index in [2.05, 4.69) is 20.7 Å². The lowest BCUT2D eigenvalue weighted by atomic mass is 10.2. The van der Waals surface area contributed by atoms with Crippen molar-refractivity contribution in [2.24, 2.45) is 4.99 Å². The minimum Gasteiger partial charge on any atom is -0.497 e. The van der Waals surface area contributed by atoms with Crippen LogP contribution < -0.4 is 15.4 Å². The first-order valence-electron chi connectivity index (χ1n) is 9.80. The number of aliphatic imine (C=N–C) groups is 1. The van der Waals surface area contributed by atoms with Crippen LogP contribution in [0.15, 0.2) is 53.8 Å². The van der Waals surface area contributed by atoms with Crippen LogP contribution in [0, 0.1) is 0 Å². The van der Waals surface area contributed by atoms with Crippen molar-refractivity contribution in [2.75, 3.05) is 26.9 Å². The highest BCUT2D eigenvalue weighted by Crippen LogP contribution is 2.11. The number of halogens is 1. The summed E-state index contributed by atoms with van der Waals surface area (Å²) in [4.78, 5) is 9.02. The Balaban J connectivity index is 0.00000320. The average Bonchev–Trinajstić information content (AvgIpc) is 3.25. The zero-order valence-corrected chi connectivity index (χ0v) is 19.7. The monoisotopic (exact) mass is 524 g/mol. The van der Waals surface area contributed by atoms with Crippen molar-refractivity contribution < 1.29 is 9.47 Å². The van der Waals surface area contributed by atoms with Crippen LogP contribution in [0.5, 0.6) is 5.75 Å². The minimum absolute atomic E-state index is 0. The van der Waals surface area contributed by atoms with E-state index in [0.29, 0.717) is 13.1 Å². The Morgan fingerprint density at radius 3 is 2.70 bits per heavy atom. The molecule has 30 heavy (non-hydrogen) atoms. The molecule has 2 heterocycles. The number of nitrogens with one attached hydrogen (secondary N) is 2. The Kier molecular flexibility index (Phi) is 10.4. The molecule has 3 rings (SSSR count). The van der Waals surface area contributed by atoms with Crippen molar-refractivity contribution in [2.45, 2.75) is 26.4 Å². The molecule has 2 N–H and O–H groups in total. The Bertz CT molecular complexity index is 913. The first-order chi connectivity index (χ1) is 14.3. The molecule has 162 valence electrons. The Hall–Kier alpha value is -2.40. The van der Waals surface area contributed by atoms with Crippen molar-refractivity contribution in [3.63, 3.8) is 0 Å². The molecule has 0 fully saturated rings. The van der Waals surface area contributed by atoms with Gasteiger partial charge in [0.15, 0.2) is 11.6 Å². The molecule has 8 nitrogen and oxygen atoms in total. The molecule has 0 radical (unpaired) electrons. The zero-order chi connectivity index (χ0) is 20.3. The first-order valence-corrected chi connectivity index (χ1v) is 9.80. The topological polar surface area (TPSA) is 85.1 Å². The van der Waals surface area contributed by atoms with E-state index in [1.165, 1.54) is 0 Å². The number of rotatable bonds is 10. The number of hydrogen-bond acceptors (Lipinski definition) is 5. The molecule has 0 aliphatic rings. The lowest BCUT2D eigenvalue weighted by Crippen LogP contribution is -2.38. The largest absolute Gasteiger partial charge is 0.497 e. The molecule has 0 bridgehead atoms. The third-order valence-electron chi connectivity index (χ3n) is 4.35. The fourth-order valence-corrected chi connectivity index (χ4v) is 2.79. The predicted molar refractivity (Wildman–Crippen MR) is 128 cm³/mol. The molecule has 0 saturated carbocycles.